The minimum atomic E-state index is -4.37. The van der Waals surface area contributed by atoms with E-state index in [0.717, 1.165) is 5.69 Å². The van der Waals surface area contributed by atoms with Crippen LogP contribution in [0.25, 0.3) is 0 Å². The van der Waals surface area contributed by atoms with Gasteiger partial charge in [-0.3, -0.25) is 0 Å². The number of anilines is 2. The molecule has 1 aromatic carbocycles. The molecule has 1 rings (SSSR count). The second-order valence-electron chi connectivity index (χ2n) is 3.11. The summed E-state index contributed by atoms with van der Waals surface area (Å²) in [6, 6.07) is 4.88. The molecule has 0 saturated heterocycles. The van der Waals surface area contributed by atoms with E-state index in [2.05, 4.69) is 0 Å². The van der Waals surface area contributed by atoms with E-state index in [-0.39, 0.29) is 50.9 Å². The first kappa shape index (κ1) is 16.1. The molecule has 0 spiro atoms. The molecule has 84 valence electrons. The molecule has 0 amide bonds. The van der Waals surface area contributed by atoms with Gasteiger partial charge in [0.25, 0.3) is 0 Å². The summed E-state index contributed by atoms with van der Waals surface area (Å²) in [6.07, 6.45) is 0. The van der Waals surface area contributed by atoms with Gasteiger partial charge < -0.3 is 15.2 Å². The molecule has 0 aromatic heterocycles. The van der Waals surface area contributed by atoms with Crippen molar-refractivity contribution in [1.82, 2.24) is 0 Å². The Balaban J connectivity index is 0.00000225. The Labute approximate surface area is 121 Å². The largest absolute Gasteiger partial charge is 1.00 e. The summed E-state index contributed by atoms with van der Waals surface area (Å²) < 4.78 is 31.7. The van der Waals surface area contributed by atoms with E-state index in [4.69, 9.17) is 5.73 Å². The zero-order valence-corrected chi connectivity index (χ0v) is 12.9. The molecule has 0 heterocycles. The van der Waals surface area contributed by atoms with Crippen molar-refractivity contribution < 1.29 is 42.5 Å². The average molecular weight is 270 g/mol. The summed E-state index contributed by atoms with van der Waals surface area (Å²) in [6.45, 7) is 0. The van der Waals surface area contributed by atoms with Gasteiger partial charge >= 0.3 is 29.6 Å². The first-order valence-corrected chi connectivity index (χ1v) is 6.76. The molecule has 0 aliphatic carbocycles. The zero-order valence-electron chi connectivity index (χ0n) is 9.30. The van der Waals surface area contributed by atoms with E-state index in [0.29, 0.717) is 0 Å². The SMILES string of the molecule is CN(C)c1ccc(N)c(SS(=O)(=O)[O-])c1.[Na+]. The Morgan fingerprint density at radius 1 is 1.38 bits per heavy atom. The smallest absolute Gasteiger partial charge is 0.739 e. The molecule has 0 fully saturated rings. The van der Waals surface area contributed by atoms with Gasteiger partial charge in [-0.15, -0.1) is 0 Å². The molecule has 0 aliphatic rings. The van der Waals surface area contributed by atoms with Gasteiger partial charge in [0.2, 0.25) is 0 Å². The third-order valence-corrected chi connectivity index (χ3v) is 3.59. The Hall–Kier alpha value is 0.0800. The molecule has 0 bridgehead atoms. The fourth-order valence-corrected chi connectivity index (χ4v) is 2.63. The molecule has 2 N–H and O–H groups in total. The molecule has 0 saturated carbocycles. The van der Waals surface area contributed by atoms with Crippen LogP contribution in [0.2, 0.25) is 0 Å². The first-order chi connectivity index (χ1) is 6.79. The van der Waals surface area contributed by atoms with Gasteiger partial charge in [-0.2, -0.15) is 0 Å². The van der Waals surface area contributed by atoms with Crippen LogP contribution in [0.15, 0.2) is 23.1 Å². The van der Waals surface area contributed by atoms with E-state index in [9.17, 15) is 13.0 Å². The molecule has 0 unspecified atom stereocenters. The van der Waals surface area contributed by atoms with E-state index >= 15 is 0 Å². The predicted octanol–water partition coefficient (Wildman–Crippen LogP) is -2.11. The fraction of sp³-hybridized carbons (Fsp3) is 0.250. The molecule has 5 nitrogen and oxygen atoms in total. The van der Waals surface area contributed by atoms with Crippen LogP contribution < -0.4 is 40.2 Å². The summed E-state index contributed by atoms with van der Waals surface area (Å²) in [5.41, 5.74) is 6.62. The second kappa shape index (κ2) is 6.13. The van der Waals surface area contributed by atoms with Crippen molar-refractivity contribution in [3.8, 4) is 0 Å². The molecule has 1 aromatic rings. The summed E-state index contributed by atoms with van der Waals surface area (Å²) in [5.74, 6) is 0. The fourth-order valence-electron chi connectivity index (χ4n) is 0.983. The topological polar surface area (TPSA) is 86.5 Å². The normalized spacial score (nSPS) is 10.7. The van der Waals surface area contributed by atoms with Crippen LogP contribution >= 0.6 is 10.8 Å². The maximum Gasteiger partial charge on any atom is 1.00 e. The van der Waals surface area contributed by atoms with Crippen molar-refractivity contribution in [3.05, 3.63) is 18.2 Å². The standard InChI is InChI=1S/C8H12N2O3S2.Na/c1-10(2)6-3-4-7(9)8(5-6)14-15(11,12)13;/h3-5H,9H2,1-2H3,(H,11,12,13);/q;+1/p-1. The minimum Gasteiger partial charge on any atom is -0.739 e. The number of hydrogen-bond acceptors (Lipinski definition) is 6. The van der Waals surface area contributed by atoms with Crippen LogP contribution in [0, 0.1) is 0 Å². The monoisotopic (exact) mass is 270 g/mol. The molecule has 0 atom stereocenters. The van der Waals surface area contributed by atoms with Crippen LogP contribution in [0.4, 0.5) is 11.4 Å². The van der Waals surface area contributed by atoms with Crippen LogP contribution in [0.1, 0.15) is 0 Å². The quantitative estimate of drug-likeness (QED) is 0.293. The van der Waals surface area contributed by atoms with Crippen molar-refractivity contribution in [2.45, 2.75) is 4.90 Å². The number of hydrogen-bond donors (Lipinski definition) is 1. The molecule has 0 aliphatic heterocycles. The van der Waals surface area contributed by atoms with Gasteiger partial charge in [0, 0.05) is 30.4 Å². The summed E-state index contributed by atoms with van der Waals surface area (Å²) in [4.78, 5) is 2.05. The molecular weight excluding hydrogens is 259 g/mol. The predicted molar refractivity (Wildman–Crippen MR) is 60.7 cm³/mol. The number of nitrogens with two attached hydrogens (primary N) is 1. The molecule has 16 heavy (non-hydrogen) atoms. The third kappa shape index (κ3) is 4.94. The number of benzene rings is 1. The maximum atomic E-state index is 10.6. The van der Waals surface area contributed by atoms with Gasteiger partial charge in [0.1, 0.15) is 0 Å². The van der Waals surface area contributed by atoms with Crippen molar-refractivity contribution in [2.24, 2.45) is 0 Å². The second-order valence-corrected chi connectivity index (χ2v) is 6.26. The van der Waals surface area contributed by atoms with Gasteiger partial charge in [-0.05, 0) is 29.0 Å². The summed E-state index contributed by atoms with van der Waals surface area (Å²) >= 11 is 0. The van der Waals surface area contributed by atoms with Gasteiger partial charge in [0.05, 0.1) is 0 Å². The summed E-state index contributed by atoms with van der Waals surface area (Å²) in [7, 11) is -0.528. The van der Waals surface area contributed by atoms with Crippen LogP contribution in [0.5, 0.6) is 0 Å². The maximum absolute atomic E-state index is 10.6. The molecule has 8 heteroatoms. The number of rotatable bonds is 3. The number of nitrogen functional groups attached to an aromatic ring is 1. The van der Waals surface area contributed by atoms with Crippen LogP contribution in [-0.4, -0.2) is 27.1 Å². The Bertz CT molecular complexity index is 462. The van der Waals surface area contributed by atoms with E-state index in [1.54, 1.807) is 23.1 Å². The van der Waals surface area contributed by atoms with Crippen molar-refractivity contribution >= 4 is 31.3 Å². The minimum absolute atomic E-state index is 0. The van der Waals surface area contributed by atoms with Gasteiger partial charge in [0.15, 0.2) is 9.15 Å². The average Bonchev–Trinajstić information content (AvgIpc) is 2.06. The number of nitrogens with zero attached hydrogens (tertiary/aromatic N) is 1. The van der Waals surface area contributed by atoms with Crippen LogP contribution in [-0.2, 0) is 9.15 Å². The molecule has 0 radical (unpaired) electrons. The van der Waals surface area contributed by atoms with E-state index in [1.165, 1.54) is 0 Å². The summed E-state index contributed by atoms with van der Waals surface area (Å²) in [5, 5.41) is 0. The van der Waals surface area contributed by atoms with Crippen molar-refractivity contribution in [3.63, 3.8) is 0 Å². The first-order valence-electron chi connectivity index (χ1n) is 4.02. The van der Waals surface area contributed by atoms with E-state index in [1.807, 2.05) is 14.1 Å². The Morgan fingerprint density at radius 2 is 1.94 bits per heavy atom. The Morgan fingerprint density at radius 3 is 2.38 bits per heavy atom. The van der Waals surface area contributed by atoms with Crippen molar-refractivity contribution in [2.75, 3.05) is 24.7 Å². The van der Waals surface area contributed by atoms with Gasteiger partial charge in [-0.1, -0.05) is 0 Å². The van der Waals surface area contributed by atoms with Gasteiger partial charge in [-0.25, -0.2) is 8.42 Å². The van der Waals surface area contributed by atoms with Crippen LogP contribution in [0.3, 0.4) is 0 Å². The van der Waals surface area contributed by atoms with Crippen molar-refractivity contribution in [1.29, 1.82) is 0 Å². The van der Waals surface area contributed by atoms with E-state index < -0.39 is 9.15 Å². The molecular formula is C8H11N2NaO3S2. The zero-order chi connectivity index (χ0) is 11.6. The Kier molecular flexibility index (Phi) is 6.16. The third-order valence-electron chi connectivity index (χ3n) is 1.71.